The van der Waals surface area contributed by atoms with Gasteiger partial charge in [-0.25, -0.2) is 0 Å². The number of likely N-dealkylation sites (tertiary alicyclic amines) is 1. The Balaban J connectivity index is 1.39. The van der Waals surface area contributed by atoms with Gasteiger partial charge in [0.15, 0.2) is 0 Å². The molecule has 4 aliphatic rings. The lowest BCUT2D eigenvalue weighted by molar-refractivity contribution is 0.0682. The number of fused-ring (bicyclic) bond motifs is 3. The van der Waals surface area contributed by atoms with Crippen molar-refractivity contribution >= 4 is 0 Å². The molecule has 18 heavy (non-hydrogen) atoms. The monoisotopic (exact) mass is 251 g/mol. The summed E-state index contributed by atoms with van der Waals surface area (Å²) < 4.78 is 0. The van der Waals surface area contributed by atoms with Gasteiger partial charge in [0, 0.05) is 12.6 Å². The predicted molar refractivity (Wildman–Crippen MR) is 75.8 cm³/mol. The molecule has 3 nitrogen and oxygen atoms in total. The first-order valence-electron chi connectivity index (χ1n) is 8.03. The van der Waals surface area contributed by atoms with E-state index in [9.17, 15) is 0 Å². The van der Waals surface area contributed by atoms with Crippen LogP contribution in [-0.2, 0) is 0 Å². The summed E-state index contributed by atoms with van der Waals surface area (Å²) in [6.45, 7) is 11.5. The van der Waals surface area contributed by atoms with Crippen molar-refractivity contribution in [3.8, 4) is 0 Å². The van der Waals surface area contributed by atoms with E-state index in [1.165, 1.54) is 71.5 Å². The molecule has 4 aliphatic heterocycles. The van der Waals surface area contributed by atoms with Crippen LogP contribution in [0.2, 0.25) is 0 Å². The van der Waals surface area contributed by atoms with Crippen LogP contribution < -0.4 is 5.32 Å². The van der Waals surface area contributed by atoms with Crippen molar-refractivity contribution in [2.24, 2.45) is 11.8 Å². The second kappa shape index (κ2) is 5.89. The Hall–Kier alpha value is -0.120. The third-order valence-electron chi connectivity index (χ3n) is 5.48. The van der Waals surface area contributed by atoms with Gasteiger partial charge < -0.3 is 15.1 Å². The van der Waals surface area contributed by atoms with Crippen molar-refractivity contribution in [1.82, 2.24) is 15.1 Å². The van der Waals surface area contributed by atoms with Crippen LogP contribution in [0.3, 0.4) is 0 Å². The minimum absolute atomic E-state index is 0.803. The molecule has 2 bridgehead atoms. The highest BCUT2D eigenvalue weighted by Gasteiger charge is 2.34. The van der Waals surface area contributed by atoms with E-state index in [0.29, 0.717) is 0 Å². The van der Waals surface area contributed by atoms with Crippen molar-refractivity contribution in [1.29, 1.82) is 0 Å². The van der Waals surface area contributed by atoms with Crippen LogP contribution in [0.1, 0.15) is 32.6 Å². The second-order valence-corrected chi connectivity index (χ2v) is 6.53. The smallest absolute Gasteiger partial charge is 0.0224 e. The lowest BCUT2D eigenvalue weighted by atomic mass is 9.83. The fourth-order valence-corrected chi connectivity index (χ4v) is 4.02. The largest absolute Gasteiger partial charge is 0.312 e. The first kappa shape index (κ1) is 12.9. The van der Waals surface area contributed by atoms with Crippen molar-refractivity contribution in [2.75, 3.05) is 45.8 Å². The van der Waals surface area contributed by atoms with Gasteiger partial charge in [-0.2, -0.15) is 0 Å². The molecular weight excluding hydrogens is 222 g/mol. The number of nitrogens with one attached hydrogen (secondary N) is 1. The van der Waals surface area contributed by atoms with Gasteiger partial charge in [-0.05, 0) is 76.8 Å². The summed E-state index contributed by atoms with van der Waals surface area (Å²) in [7, 11) is 0. The van der Waals surface area contributed by atoms with Crippen LogP contribution in [0.25, 0.3) is 0 Å². The lowest BCUT2D eigenvalue weighted by Crippen LogP contribution is -2.56. The van der Waals surface area contributed by atoms with Gasteiger partial charge in [-0.1, -0.05) is 6.92 Å². The molecule has 1 N–H and O–H groups in total. The van der Waals surface area contributed by atoms with Crippen molar-refractivity contribution in [3.63, 3.8) is 0 Å². The molecule has 4 fully saturated rings. The van der Waals surface area contributed by atoms with Gasteiger partial charge in [0.2, 0.25) is 0 Å². The summed E-state index contributed by atoms with van der Waals surface area (Å²) in [6, 6.07) is 0.803. The van der Waals surface area contributed by atoms with E-state index >= 15 is 0 Å². The Morgan fingerprint density at radius 3 is 2.28 bits per heavy atom. The van der Waals surface area contributed by atoms with Gasteiger partial charge >= 0.3 is 0 Å². The number of hydrogen-bond acceptors (Lipinski definition) is 3. The maximum Gasteiger partial charge on any atom is 0.0224 e. The molecule has 0 aliphatic carbocycles. The van der Waals surface area contributed by atoms with Crippen LogP contribution in [0.15, 0.2) is 0 Å². The molecule has 0 spiro atoms. The Bertz CT molecular complexity index is 252. The number of rotatable bonds is 4. The lowest BCUT2D eigenvalue weighted by Gasteiger charge is -2.45. The summed E-state index contributed by atoms with van der Waals surface area (Å²) in [6.07, 6.45) is 5.68. The van der Waals surface area contributed by atoms with Crippen LogP contribution in [0.4, 0.5) is 0 Å². The van der Waals surface area contributed by atoms with Crippen LogP contribution in [0, 0.1) is 11.8 Å². The molecule has 0 saturated carbocycles. The average Bonchev–Trinajstić information content (AvgIpc) is 2.47. The minimum Gasteiger partial charge on any atom is -0.312 e. The Kier molecular flexibility index (Phi) is 4.22. The molecular formula is C15H29N3. The van der Waals surface area contributed by atoms with E-state index in [2.05, 4.69) is 22.0 Å². The van der Waals surface area contributed by atoms with E-state index in [1.54, 1.807) is 0 Å². The quantitative estimate of drug-likeness (QED) is 0.815. The van der Waals surface area contributed by atoms with Gasteiger partial charge in [0.25, 0.3) is 0 Å². The highest BCUT2D eigenvalue weighted by Crippen LogP contribution is 2.28. The van der Waals surface area contributed by atoms with Gasteiger partial charge in [0.1, 0.15) is 0 Å². The fraction of sp³-hybridized carbons (Fsp3) is 1.00. The first-order valence-corrected chi connectivity index (χ1v) is 8.03. The summed E-state index contributed by atoms with van der Waals surface area (Å²) in [4.78, 5) is 5.24. The van der Waals surface area contributed by atoms with Gasteiger partial charge in [-0.15, -0.1) is 0 Å². The molecule has 4 rings (SSSR count). The normalized spacial score (nSPS) is 38.2. The van der Waals surface area contributed by atoms with E-state index in [0.717, 1.165) is 17.9 Å². The molecule has 104 valence electrons. The molecule has 3 heteroatoms. The minimum atomic E-state index is 0.803. The van der Waals surface area contributed by atoms with Crippen LogP contribution in [0.5, 0.6) is 0 Å². The van der Waals surface area contributed by atoms with Crippen LogP contribution in [-0.4, -0.2) is 61.7 Å². The molecule has 4 heterocycles. The molecule has 1 unspecified atom stereocenters. The molecule has 0 radical (unpaired) electrons. The first-order chi connectivity index (χ1) is 8.85. The zero-order valence-electron chi connectivity index (χ0n) is 11.9. The molecule has 0 aromatic rings. The maximum absolute atomic E-state index is 3.90. The van der Waals surface area contributed by atoms with Gasteiger partial charge in [0.05, 0.1) is 0 Å². The fourth-order valence-electron chi connectivity index (χ4n) is 4.02. The zero-order valence-corrected chi connectivity index (χ0v) is 11.9. The van der Waals surface area contributed by atoms with E-state index in [1.807, 2.05) is 0 Å². The van der Waals surface area contributed by atoms with Gasteiger partial charge in [-0.3, -0.25) is 0 Å². The third-order valence-corrected chi connectivity index (χ3v) is 5.48. The van der Waals surface area contributed by atoms with Crippen molar-refractivity contribution in [3.05, 3.63) is 0 Å². The number of piperidine rings is 4. The summed E-state index contributed by atoms with van der Waals surface area (Å²) in [5, 5.41) is 3.90. The van der Waals surface area contributed by atoms with E-state index in [4.69, 9.17) is 0 Å². The highest BCUT2D eigenvalue weighted by molar-refractivity contribution is 4.91. The van der Waals surface area contributed by atoms with Crippen molar-refractivity contribution in [2.45, 2.75) is 38.6 Å². The maximum atomic E-state index is 3.90. The molecule has 4 saturated heterocycles. The third kappa shape index (κ3) is 2.89. The standard InChI is InChI=1S/C15H29N3/c1-2-17-7-3-13(4-8-17)11-16-15-12-18-9-5-14(15)6-10-18/h13-16H,2-12H2,1H3. The number of nitrogens with zero attached hydrogens (tertiary/aromatic N) is 2. The Labute approximate surface area is 112 Å². The topological polar surface area (TPSA) is 18.5 Å². The highest BCUT2D eigenvalue weighted by atomic mass is 15.2. The summed E-state index contributed by atoms with van der Waals surface area (Å²) >= 11 is 0. The zero-order chi connectivity index (χ0) is 12.4. The Morgan fingerprint density at radius 1 is 1.00 bits per heavy atom. The molecule has 0 aromatic heterocycles. The Morgan fingerprint density at radius 2 is 1.72 bits per heavy atom. The second-order valence-electron chi connectivity index (χ2n) is 6.53. The van der Waals surface area contributed by atoms with Crippen LogP contribution >= 0.6 is 0 Å². The molecule has 0 aromatic carbocycles. The van der Waals surface area contributed by atoms with E-state index < -0.39 is 0 Å². The SMILES string of the molecule is CCN1CCC(CNC2CN3CCC2CC3)CC1. The molecule has 1 atom stereocenters. The van der Waals surface area contributed by atoms with Crippen molar-refractivity contribution < 1.29 is 0 Å². The number of hydrogen-bond donors (Lipinski definition) is 1. The summed E-state index contributed by atoms with van der Waals surface area (Å²) in [5.74, 6) is 1.91. The predicted octanol–water partition coefficient (Wildman–Crippen LogP) is 1.40. The van der Waals surface area contributed by atoms with E-state index in [-0.39, 0.29) is 0 Å². The molecule has 0 amide bonds. The summed E-state index contributed by atoms with van der Waals surface area (Å²) in [5.41, 5.74) is 0. The average molecular weight is 251 g/mol.